The van der Waals surface area contributed by atoms with Gasteiger partial charge in [0.1, 0.15) is 13.1 Å². The maximum atomic E-state index is 13.0. The van der Waals surface area contributed by atoms with Crippen LogP contribution in [0, 0.1) is 0 Å². The molecule has 0 saturated heterocycles. The molecular weight excluding hydrogens is 378 g/mol. The molecule has 0 unspecified atom stereocenters. The molecule has 0 fully saturated rings. The maximum absolute atomic E-state index is 13.0. The number of aryl methyl sites for hydroxylation is 2. The quantitative estimate of drug-likeness (QED) is 0.713. The standard InChI is InChI=1S/C19H17N5O3S/c25-15-9-23(13-7-3-2-6-12(13)20-15)16(26)10-24-19(27)17-11-5-1-4-8-14(11)28-18(17)21-22-24/h2-3,6-7H,1,4-5,8-10H2,(H,20,25). The van der Waals surface area contributed by atoms with Gasteiger partial charge in [-0.2, -0.15) is 0 Å². The lowest BCUT2D eigenvalue weighted by molar-refractivity contribution is -0.122. The van der Waals surface area contributed by atoms with E-state index in [1.54, 1.807) is 24.3 Å². The second-order valence-corrected chi connectivity index (χ2v) is 8.07. The van der Waals surface area contributed by atoms with E-state index in [4.69, 9.17) is 0 Å². The first-order chi connectivity index (χ1) is 13.6. The topological polar surface area (TPSA) is 97.2 Å². The molecule has 1 aliphatic carbocycles. The van der Waals surface area contributed by atoms with E-state index in [1.165, 1.54) is 21.1 Å². The van der Waals surface area contributed by atoms with Crippen molar-refractivity contribution in [1.82, 2.24) is 15.0 Å². The van der Waals surface area contributed by atoms with Crippen LogP contribution in [0.5, 0.6) is 0 Å². The molecule has 2 amide bonds. The molecule has 5 rings (SSSR count). The third-order valence-electron chi connectivity index (χ3n) is 5.20. The van der Waals surface area contributed by atoms with Crippen LogP contribution in [0.1, 0.15) is 23.3 Å². The molecule has 3 aromatic rings. The fourth-order valence-electron chi connectivity index (χ4n) is 3.88. The zero-order chi connectivity index (χ0) is 19.3. The highest BCUT2D eigenvalue weighted by atomic mass is 32.1. The van der Waals surface area contributed by atoms with Crippen molar-refractivity contribution >= 4 is 44.7 Å². The second-order valence-electron chi connectivity index (χ2n) is 6.99. The summed E-state index contributed by atoms with van der Waals surface area (Å²) in [6.45, 7) is -0.345. The molecule has 0 bridgehead atoms. The zero-order valence-corrected chi connectivity index (χ0v) is 15.8. The van der Waals surface area contributed by atoms with Crippen LogP contribution in [0.4, 0.5) is 11.4 Å². The molecule has 9 heteroatoms. The Morgan fingerprint density at radius 1 is 1.18 bits per heavy atom. The first-order valence-electron chi connectivity index (χ1n) is 9.19. The molecule has 1 aromatic carbocycles. The van der Waals surface area contributed by atoms with Crippen LogP contribution in [0.3, 0.4) is 0 Å². The highest BCUT2D eigenvalue weighted by Gasteiger charge is 2.28. The molecule has 3 heterocycles. The summed E-state index contributed by atoms with van der Waals surface area (Å²) in [5.41, 5.74) is 1.97. The number of benzene rings is 1. The van der Waals surface area contributed by atoms with Gasteiger partial charge in [-0.1, -0.05) is 17.3 Å². The summed E-state index contributed by atoms with van der Waals surface area (Å²) < 4.78 is 1.11. The molecule has 0 saturated carbocycles. The predicted octanol–water partition coefficient (Wildman–Crippen LogP) is 1.72. The lowest BCUT2D eigenvalue weighted by Crippen LogP contribution is -2.45. The number of hydrogen-bond acceptors (Lipinski definition) is 6. The third-order valence-corrected chi connectivity index (χ3v) is 6.38. The fourth-order valence-corrected chi connectivity index (χ4v) is 5.08. The van der Waals surface area contributed by atoms with Crippen molar-refractivity contribution in [1.29, 1.82) is 0 Å². The summed E-state index contributed by atoms with van der Waals surface area (Å²) in [5.74, 6) is -0.644. The number of hydrogen-bond donors (Lipinski definition) is 1. The Kier molecular flexibility index (Phi) is 3.97. The fraction of sp³-hybridized carbons (Fsp3) is 0.316. The van der Waals surface area contributed by atoms with Gasteiger partial charge < -0.3 is 5.32 Å². The van der Waals surface area contributed by atoms with Crippen molar-refractivity contribution < 1.29 is 9.59 Å². The smallest absolute Gasteiger partial charge is 0.279 e. The first kappa shape index (κ1) is 17.1. The van der Waals surface area contributed by atoms with Gasteiger partial charge >= 0.3 is 0 Å². The molecule has 142 valence electrons. The Labute approximate surface area is 163 Å². The SMILES string of the molecule is O=C1CN(C(=O)Cn2nnc3sc4c(c3c2=O)CCCC4)c2ccccc2N1. The van der Waals surface area contributed by atoms with E-state index in [9.17, 15) is 14.4 Å². The number of amides is 2. The van der Waals surface area contributed by atoms with Gasteiger partial charge in [0, 0.05) is 4.88 Å². The number of anilines is 2. The summed E-state index contributed by atoms with van der Waals surface area (Å²) in [5, 5.41) is 11.5. The monoisotopic (exact) mass is 395 g/mol. The number of carbonyl (C=O) groups is 2. The average molecular weight is 395 g/mol. The maximum Gasteiger partial charge on any atom is 0.279 e. The van der Waals surface area contributed by atoms with E-state index >= 15 is 0 Å². The largest absolute Gasteiger partial charge is 0.323 e. The number of rotatable bonds is 2. The second kappa shape index (κ2) is 6.52. The summed E-state index contributed by atoms with van der Waals surface area (Å²) in [7, 11) is 0. The summed E-state index contributed by atoms with van der Waals surface area (Å²) in [6.07, 6.45) is 4.01. The Morgan fingerprint density at radius 3 is 2.89 bits per heavy atom. The van der Waals surface area contributed by atoms with Crippen LogP contribution in [-0.2, 0) is 29.0 Å². The molecule has 0 radical (unpaired) electrons. The molecule has 8 nitrogen and oxygen atoms in total. The molecule has 28 heavy (non-hydrogen) atoms. The van der Waals surface area contributed by atoms with Gasteiger partial charge in [0.15, 0.2) is 4.83 Å². The molecule has 1 aliphatic heterocycles. The Morgan fingerprint density at radius 2 is 2.00 bits per heavy atom. The van der Waals surface area contributed by atoms with Crippen molar-refractivity contribution in [3.8, 4) is 0 Å². The molecule has 1 N–H and O–H groups in total. The van der Waals surface area contributed by atoms with Gasteiger partial charge in [-0.15, -0.1) is 16.4 Å². The van der Waals surface area contributed by atoms with E-state index in [0.29, 0.717) is 21.6 Å². The van der Waals surface area contributed by atoms with Gasteiger partial charge in [-0.3, -0.25) is 19.3 Å². The number of nitrogens with one attached hydrogen (secondary N) is 1. The average Bonchev–Trinajstić information content (AvgIpc) is 3.08. The minimum absolute atomic E-state index is 0.0892. The summed E-state index contributed by atoms with van der Waals surface area (Å²) >= 11 is 1.53. The Bertz CT molecular complexity index is 1180. The van der Waals surface area contributed by atoms with Crippen LogP contribution >= 0.6 is 11.3 Å². The Balaban J connectivity index is 1.51. The van der Waals surface area contributed by atoms with E-state index in [-0.39, 0.29) is 30.5 Å². The zero-order valence-electron chi connectivity index (χ0n) is 15.0. The summed E-state index contributed by atoms with van der Waals surface area (Å²) in [4.78, 5) is 41.1. The van der Waals surface area contributed by atoms with Crippen molar-refractivity contribution in [2.45, 2.75) is 32.2 Å². The predicted molar refractivity (Wildman–Crippen MR) is 106 cm³/mol. The number of nitrogens with zero attached hydrogens (tertiary/aromatic N) is 4. The normalized spacial score (nSPS) is 15.9. The molecule has 2 aliphatic rings. The lowest BCUT2D eigenvalue weighted by Gasteiger charge is -2.29. The number of aromatic nitrogens is 3. The lowest BCUT2D eigenvalue weighted by atomic mass is 9.97. The van der Waals surface area contributed by atoms with Gasteiger partial charge in [0.05, 0.1) is 16.8 Å². The number of para-hydroxylation sites is 2. The van der Waals surface area contributed by atoms with E-state index in [0.717, 1.165) is 35.9 Å². The van der Waals surface area contributed by atoms with E-state index in [1.807, 2.05) is 0 Å². The molecule has 0 atom stereocenters. The van der Waals surface area contributed by atoms with Gasteiger partial charge in [0.25, 0.3) is 5.56 Å². The van der Waals surface area contributed by atoms with Crippen LogP contribution in [0.25, 0.3) is 10.2 Å². The number of thiophene rings is 1. The van der Waals surface area contributed by atoms with Crippen molar-refractivity contribution in [2.24, 2.45) is 0 Å². The first-order valence-corrected chi connectivity index (χ1v) is 10.0. The van der Waals surface area contributed by atoms with Crippen LogP contribution in [-0.4, -0.2) is 33.4 Å². The number of fused-ring (bicyclic) bond motifs is 4. The number of carbonyl (C=O) groups excluding carboxylic acids is 2. The van der Waals surface area contributed by atoms with Crippen LogP contribution < -0.4 is 15.8 Å². The van der Waals surface area contributed by atoms with Crippen molar-refractivity contribution in [2.75, 3.05) is 16.8 Å². The Hall–Kier alpha value is -3.07. The van der Waals surface area contributed by atoms with Crippen molar-refractivity contribution in [3.63, 3.8) is 0 Å². The van der Waals surface area contributed by atoms with Crippen LogP contribution in [0.2, 0.25) is 0 Å². The molecule has 0 spiro atoms. The summed E-state index contributed by atoms with van der Waals surface area (Å²) in [6, 6.07) is 7.09. The van der Waals surface area contributed by atoms with E-state index in [2.05, 4.69) is 15.6 Å². The van der Waals surface area contributed by atoms with Gasteiger partial charge in [0.2, 0.25) is 11.8 Å². The third kappa shape index (κ3) is 2.70. The van der Waals surface area contributed by atoms with E-state index < -0.39 is 0 Å². The highest BCUT2D eigenvalue weighted by Crippen LogP contribution is 2.33. The van der Waals surface area contributed by atoms with Crippen LogP contribution in [0.15, 0.2) is 29.1 Å². The minimum atomic E-state index is -0.373. The molecular formula is C19H17N5O3S. The minimum Gasteiger partial charge on any atom is -0.323 e. The van der Waals surface area contributed by atoms with Gasteiger partial charge in [-0.05, 0) is 43.4 Å². The van der Waals surface area contributed by atoms with Crippen molar-refractivity contribution in [3.05, 3.63) is 45.1 Å². The van der Waals surface area contributed by atoms with Gasteiger partial charge in [-0.25, -0.2) is 4.68 Å². The highest BCUT2D eigenvalue weighted by molar-refractivity contribution is 7.18. The molecule has 2 aromatic heterocycles.